The number of hydrogen-bond donors (Lipinski definition) is 0. The first-order chi connectivity index (χ1) is 32.5. The summed E-state index contributed by atoms with van der Waals surface area (Å²) in [6.07, 6.45) is 0. The van der Waals surface area contributed by atoms with E-state index in [2.05, 4.69) is 0 Å². The van der Waals surface area contributed by atoms with Crippen molar-refractivity contribution in [3.63, 3.8) is 0 Å². The molecule has 0 nitrogen and oxygen atoms in total. The Kier molecular flexibility index (Phi) is 2.19. The van der Waals surface area contributed by atoms with Crippen LogP contribution in [0.25, 0.3) is 76.8 Å². The van der Waals surface area contributed by atoms with Gasteiger partial charge in [-0.25, -0.2) is 0 Å². The number of rotatable bonds is 4. The van der Waals surface area contributed by atoms with E-state index < -0.39 is 246 Å². The van der Waals surface area contributed by atoms with E-state index in [9.17, 15) is 12.3 Å². The second-order valence-corrected chi connectivity index (χ2v) is 8.75. The molecule has 0 saturated carbocycles. The van der Waals surface area contributed by atoms with Gasteiger partial charge in [0.25, 0.3) is 0 Å². The predicted molar refractivity (Wildman–Crippen MR) is 181 cm³/mol. The van der Waals surface area contributed by atoms with Crippen LogP contribution in [0.4, 0.5) is 0 Å². The molecule has 0 spiro atoms. The normalized spacial score (nSPS) is 20.7. The van der Waals surface area contributed by atoms with Crippen LogP contribution in [0.3, 0.4) is 0 Å². The summed E-state index contributed by atoms with van der Waals surface area (Å²) in [6.45, 7) is 0. The molecule has 0 saturated heterocycles. The minimum atomic E-state index is -1.12. The van der Waals surface area contributed by atoms with Crippen molar-refractivity contribution >= 4 is 32.3 Å². The summed E-state index contributed by atoms with van der Waals surface area (Å²) >= 11 is 0. The quantitative estimate of drug-likeness (QED) is 0.188. The molecule has 0 aliphatic carbocycles. The van der Waals surface area contributed by atoms with Gasteiger partial charge in [0, 0.05) is 0 Å². The van der Waals surface area contributed by atoms with Crippen LogP contribution in [-0.4, -0.2) is 0 Å². The van der Waals surface area contributed by atoms with Gasteiger partial charge in [0.15, 0.2) is 0 Å². The first-order valence-corrected chi connectivity index (χ1v) is 12.2. The van der Waals surface area contributed by atoms with Gasteiger partial charge in [0.05, 0.1) is 38.4 Å². The van der Waals surface area contributed by atoms with Crippen LogP contribution in [0.5, 0.6) is 0 Å². The Hall–Kier alpha value is -5.46. The first kappa shape index (κ1) is 9.02. The number of hydrogen-bond acceptors (Lipinski definition) is 0. The lowest BCUT2D eigenvalue weighted by molar-refractivity contribution is 1.58. The Labute approximate surface area is 285 Å². The highest BCUT2D eigenvalue weighted by atomic mass is 14.2. The Morgan fingerprint density at radius 2 is 0.667 bits per heavy atom. The van der Waals surface area contributed by atoms with Crippen LogP contribution in [0.1, 0.15) is 38.4 Å². The predicted octanol–water partition coefficient (Wildman–Crippen LogP) is 11.8. The monoisotopic (exact) mass is 560 g/mol. The van der Waals surface area contributed by atoms with Crippen molar-refractivity contribution in [2.24, 2.45) is 0 Å². The van der Waals surface area contributed by atoms with Gasteiger partial charge in [-0.05, 0) is 76.8 Å². The minimum absolute atomic E-state index is 0.649. The van der Waals surface area contributed by atoms with Crippen molar-refractivity contribution in [3.05, 3.63) is 169 Å². The maximum absolute atomic E-state index is 9.45. The SMILES string of the molecule is [2H]c1c([2H])c([2H])c(-c2c([2H])c([2H])c(-c3c([2H])c([2H])c([2H])c([2H])c3-c3c4c([2H])c([2H])c([2H])c([2H])c4c(-c4c([2H])c([2H])c([2H])c5c([2H])c([2H])c([2H])c([2H])c45)c4c([2H])c([2H])c([2H])c([2H])c34)c([2H])c2[2H])c([2H])c1[2H]. The molecule has 8 aromatic rings. The third-order valence-electron chi connectivity index (χ3n) is 6.50. The molecule has 0 radical (unpaired) electrons. The van der Waals surface area contributed by atoms with Gasteiger partial charge >= 0.3 is 0 Å². The summed E-state index contributed by atoms with van der Waals surface area (Å²) in [5, 5.41) is -4.52. The summed E-state index contributed by atoms with van der Waals surface area (Å²) in [5.41, 5.74) is -6.69. The topological polar surface area (TPSA) is 0 Å². The van der Waals surface area contributed by atoms with Gasteiger partial charge in [0.1, 0.15) is 0 Å². The Bertz CT molecular complexity index is 3650. The molecule has 0 bridgehead atoms. The molecule has 0 heterocycles. The Morgan fingerprint density at radius 3 is 1.31 bits per heavy atom. The van der Waals surface area contributed by atoms with Gasteiger partial charge in [-0.15, -0.1) is 0 Å². The van der Waals surface area contributed by atoms with E-state index in [-0.39, 0.29) is 0 Å². The van der Waals surface area contributed by atoms with Crippen LogP contribution in [0, 0.1) is 0 Å². The fraction of sp³-hybridized carbons (Fsp3) is 0. The van der Waals surface area contributed by atoms with Crippen molar-refractivity contribution in [2.45, 2.75) is 0 Å². The molecule has 0 aromatic heterocycles. The van der Waals surface area contributed by atoms with Crippen molar-refractivity contribution in [1.82, 2.24) is 0 Å². The van der Waals surface area contributed by atoms with Gasteiger partial charge in [0.2, 0.25) is 0 Å². The minimum Gasteiger partial charge on any atom is -0.0622 e. The Morgan fingerprint density at radius 1 is 0.262 bits per heavy atom. The highest BCUT2D eigenvalue weighted by molar-refractivity contribution is 6.24. The molecule has 8 rings (SSSR count). The summed E-state index contributed by atoms with van der Waals surface area (Å²) in [6, 6.07) is -28.0. The molecule has 0 unspecified atom stereocenters. The van der Waals surface area contributed by atoms with E-state index >= 15 is 0 Å². The van der Waals surface area contributed by atoms with Crippen molar-refractivity contribution in [3.8, 4) is 44.5 Å². The zero-order valence-corrected chi connectivity index (χ0v) is 21.0. The maximum Gasteiger partial charge on any atom is 0.0629 e. The lowest BCUT2D eigenvalue weighted by Crippen LogP contribution is -1.93. The standard InChI is InChI=1S/C42H28/c1-2-13-29(14-3-1)30-25-27-32(28-26-30)34-18-6-7-19-35(34)41-37-20-8-10-22-39(37)42(40-23-11-9-21-38(40)41)36-24-12-16-31-15-4-5-17-33(31)36/h1-28H/i1D,2D,3D,4D,5D,6D,7D,8D,9D,10D,11D,12D,13D,14D,15D,16D,17D,18D,19D,20D,21D,22D,23D,24D,25D,26D,27D,28D. The van der Waals surface area contributed by atoms with Crippen molar-refractivity contribution in [2.75, 3.05) is 0 Å². The van der Waals surface area contributed by atoms with Crippen LogP contribution in [0.2, 0.25) is 0 Å². The van der Waals surface area contributed by atoms with E-state index in [1.165, 1.54) is 0 Å². The molecule has 0 heteroatoms. The summed E-state index contributed by atoms with van der Waals surface area (Å²) in [5.74, 6) is 0. The molecule has 8 aromatic carbocycles. The van der Waals surface area contributed by atoms with E-state index in [1.54, 1.807) is 0 Å². The maximum atomic E-state index is 9.45. The molecule has 0 aliphatic rings. The molecule has 0 N–H and O–H groups in total. The van der Waals surface area contributed by atoms with Crippen LogP contribution >= 0.6 is 0 Å². The van der Waals surface area contributed by atoms with Gasteiger partial charge < -0.3 is 0 Å². The molecule has 0 atom stereocenters. The average Bonchev–Trinajstić information content (AvgIpc) is 3.33. The zero-order chi connectivity index (χ0) is 52.2. The van der Waals surface area contributed by atoms with E-state index in [0.717, 1.165) is 0 Å². The smallest absolute Gasteiger partial charge is 0.0622 e. The van der Waals surface area contributed by atoms with E-state index in [4.69, 9.17) is 26.0 Å². The lowest BCUT2D eigenvalue weighted by Gasteiger charge is -2.20. The third kappa shape index (κ3) is 4.00. The zero-order valence-electron chi connectivity index (χ0n) is 49.0. The summed E-state index contributed by atoms with van der Waals surface area (Å²) in [4.78, 5) is 0. The molecule has 42 heavy (non-hydrogen) atoms. The Balaban J connectivity index is 1.74. The highest BCUT2D eigenvalue weighted by Gasteiger charge is 2.19. The summed E-state index contributed by atoms with van der Waals surface area (Å²) in [7, 11) is 0. The van der Waals surface area contributed by atoms with Gasteiger partial charge in [-0.1, -0.05) is 169 Å². The van der Waals surface area contributed by atoms with E-state index in [1.807, 2.05) is 0 Å². The molecular weight excluding hydrogens is 504 g/mol. The number of fused-ring (bicyclic) bond motifs is 3. The number of benzene rings is 8. The highest BCUT2D eigenvalue weighted by Crippen LogP contribution is 2.47. The molecular formula is C42H28. The first-order valence-electron chi connectivity index (χ1n) is 26.2. The average molecular weight is 561 g/mol. The second-order valence-electron chi connectivity index (χ2n) is 8.75. The van der Waals surface area contributed by atoms with Crippen molar-refractivity contribution in [1.29, 1.82) is 0 Å². The van der Waals surface area contributed by atoms with Gasteiger partial charge in [-0.2, -0.15) is 0 Å². The van der Waals surface area contributed by atoms with Crippen LogP contribution in [-0.2, 0) is 0 Å². The fourth-order valence-electron chi connectivity index (χ4n) is 4.75. The third-order valence-corrected chi connectivity index (χ3v) is 6.50. The van der Waals surface area contributed by atoms with Crippen LogP contribution < -0.4 is 0 Å². The van der Waals surface area contributed by atoms with E-state index in [0.29, 0.717) is 0 Å². The molecule has 0 amide bonds. The largest absolute Gasteiger partial charge is 0.0629 e. The second kappa shape index (κ2) is 10.2. The molecule has 0 fully saturated rings. The summed E-state index contributed by atoms with van der Waals surface area (Å²) < 4.78 is 249. The van der Waals surface area contributed by atoms with Crippen molar-refractivity contribution < 1.29 is 38.4 Å². The fourth-order valence-corrected chi connectivity index (χ4v) is 4.75. The van der Waals surface area contributed by atoms with Gasteiger partial charge in [-0.3, -0.25) is 0 Å². The molecule has 196 valence electrons. The van der Waals surface area contributed by atoms with Crippen LogP contribution in [0.15, 0.2) is 169 Å². The lowest BCUT2D eigenvalue weighted by atomic mass is 9.83. The molecule has 0 aliphatic heterocycles.